The smallest absolute Gasteiger partial charge is 0.294 e. The number of rotatable bonds is 12. The molecule has 5 aliphatic rings. The van der Waals surface area contributed by atoms with Crippen molar-refractivity contribution in [3.05, 3.63) is 63.4 Å². The number of pyridine rings is 2. The molecule has 0 bridgehead atoms. The number of hydrazone groups is 1. The van der Waals surface area contributed by atoms with Crippen LogP contribution in [0.25, 0.3) is 11.0 Å². The zero-order valence-electron chi connectivity index (χ0n) is 36.2. The minimum absolute atomic E-state index is 0.0257. The van der Waals surface area contributed by atoms with Crippen molar-refractivity contribution in [2.24, 2.45) is 34.7 Å². The summed E-state index contributed by atoms with van der Waals surface area (Å²) in [5.74, 6) is -1.18. The first kappa shape index (κ1) is 43.3. The van der Waals surface area contributed by atoms with Crippen molar-refractivity contribution < 1.29 is 28.2 Å². The lowest BCUT2D eigenvalue weighted by molar-refractivity contribution is -0.134. The van der Waals surface area contributed by atoms with Crippen LogP contribution < -0.4 is 31.1 Å². The minimum atomic E-state index is -0.924. The summed E-state index contributed by atoms with van der Waals surface area (Å²) in [7, 11) is 3.25. The van der Waals surface area contributed by atoms with Crippen LogP contribution in [0.5, 0.6) is 5.75 Å². The molecule has 332 valence electrons. The second kappa shape index (κ2) is 17.8. The Morgan fingerprint density at radius 2 is 1.81 bits per heavy atom. The maximum absolute atomic E-state index is 16.3. The molecule has 4 aliphatic heterocycles. The number of carbonyl (C=O) groups is 2. The molecule has 0 saturated carbocycles. The number of likely N-dealkylation sites (N-methyl/N-ethyl adjacent to an activating group) is 1. The largest absolute Gasteiger partial charge is 0.484 e. The van der Waals surface area contributed by atoms with Gasteiger partial charge in [-0.25, -0.2) is 18.7 Å². The number of likely N-dealkylation sites (tertiary alicyclic amines) is 1. The quantitative estimate of drug-likeness (QED) is 0.146. The predicted molar refractivity (Wildman–Crippen MR) is 231 cm³/mol. The number of imide groups is 1. The molecule has 0 spiro atoms. The Morgan fingerprint density at radius 1 is 1.03 bits per heavy atom. The lowest BCUT2D eigenvalue weighted by atomic mass is 9.77. The Bertz CT molecular complexity index is 2390. The number of allylic oxidation sites excluding steroid dienone is 4. The van der Waals surface area contributed by atoms with Crippen molar-refractivity contribution in [2.75, 3.05) is 63.6 Å². The van der Waals surface area contributed by atoms with Gasteiger partial charge in [-0.05, 0) is 96.5 Å². The number of fused-ring (bicyclic) bond motifs is 2. The van der Waals surface area contributed by atoms with Crippen molar-refractivity contribution in [3.8, 4) is 5.75 Å². The molecule has 16 nitrogen and oxygen atoms in total. The van der Waals surface area contributed by atoms with Gasteiger partial charge in [-0.2, -0.15) is 10.1 Å². The Hall–Kier alpha value is -5.33. The van der Waals surface area contributed by atoms with Crippen LogP contribution in [0.2, 0.25) is 0 Å². The van der Waals surface area contributed by atoms with E-state index in [4.69, 9.17) is 14.7 Å². The second-order valence-electron chi connectivity index (χ2n) is 17.7. The standard InChI is InChI=1S/C44H57F2N11O5/c1-23(2)57-41-28(16-33(43(57)61)62-22-35(59)47-5)15-29(19-48-41)50-40-24(3)18-49-44(52-40)56-14-11-27(25(4)20-56)21-55-12-9-26(10-13-55)36-32(45)17-31-38(53-54(6)39(31)37(36)46)30-7-8-34(58)51-42(30)60/h15-16,18-19,23,25-27,30-31,35,47,59H,7-14,17,20-22H2,1-6H3,(H,49,50,52)(H,51,58,60). The van der Waals surface area contributed by atoms with Crippen LogP contribution in [-0.4, -0.2) is 112 Å². The van der Waals surface area contributed by atoms with E-state index in [1.54, 1.807) is 30.9 Å². The summed E-state index contributed by atoms with van der Waals surface area (Å²) in [5, 5.41) is 25.1. The van der Waals surface area contributed by atoms with Crippen LogP contribution >= 0.6 is 0 Å². The van der Waals surface area contributed by atoms with E-state index >= 15 is 8.78 Å². The van der Waals surface area contributed by atoms with E-state index in [1.807, 2.05) is 33.0 Å². The Balaban J connectivity index is 0.875. The number of hydrogen-bond donors (Lipinski definition) is 4. The van der Waals surface area contributed by atoms with Crippen molar-refractivity contribution in [1.82, 2.24) is 40.1 Å². The summed E-state index contributed by atoms with van der Waals surface area (Å²) < 4.78 is 39.5. The summed E-state index contributed by atoms with van der Waals surface area (Å²) >= 11 is 0. The monoisotopic (exact) mass is 857 g/mol. The van der Waals surface area contributed by atoms with E-state index in [0.717, 1.165) is 44.7 Å². The average Bonchev–Trinajstić information content (AvgIpc) is 3.56. The number of amides is 2. The van der Waals surface area contributed by atoms with Gasteiger partial charge in [0.2, 0.25) is 17.8 Å². The van der Waals surface area contributed by atoms with Gasteiger partial charge >= 0.3 is 0 Å². The van der Waals surface area contributed by atoms with E-state index in [2.05, 4.69) is 42.8 Å². The van der Waals surface area contributed by atoms with Crippen LogP contribution in [-0.2, 0) is 9.59 Å². The van der Waals surface area contributed by atoms with Gasteiger partial charge in [0.1, 0.15) is 30.1 Å². The number of carbonyl (C=O) groups excluding carboxylic acids is 2. The summed E-state index contributed by atoms with van der Waals surface area (Å²) in [5.41, 5.74) is 2.65. The highest BCUT2D eigenvalue weighted by atomic mass is 19.1. The van der Waals surface area contributed by atoms with E-state index in [0.29, 0.717) is 64.6 Å². The van der Waals surface area contributed by atoms with Crippen LogP contribution in [0.15, 0.2) is 57.3 Å². The molecule has 2 amide bonds. The zero-order valence-corrected chi connectivity index (χ0v) is 36.2. The first-order chi connectivity index (χ1) is 29.7. The Kier molecular flexibility index (Phi) is 12.4. The predicted octanol–water partition coefficient (Wildman–Crippen LogP) is 4.69. The Labute approximate surface area is 359 Å². The van der Waals surface area contributed by atoms with Crippen LogP contribution in [0.4, 0.5) is 26.2 Å². The lowest BCUT2D eigenvalue weighted by Gasteiger charge is -2.41. The topological polar surface area (TPSA) is 182 Å². The first-order valence-electron chi connectivity index (χ1n) is 21.8. The number of hydrogen-bond acceptors (Lipinski definition) is 14. The van der Waals surface area contributed by atoms with Crippen molar-refractivity contribution in [2.45, 2.75) is 78.5 Å². The maximum Gasteiger partial charge on any atom is 0.294 e. The number of piperidine rings is 3. The van der Waals surface area contributed by atoms with Gasteiger partial charge in [-0.15, -0.1) is 0 Å². The first-order valence-corrected chi connectivity index (χ1v) is 21.8. The van der Waals surface area contributed by atoms with Gasteiger partial charge in [-0.1, -0.05) is 6.92 Å². The van der Waals surface area contributed by atoms with Gasteiger partial charge in [-0.3, -0.25) is 34.6 Å². The molecule has 0 aromatic carbocycles. The molecule has 62 heavy (non-hydrogen) atoms. The molecule has 3 aromatic heterocycles. The van der Waals surface area contributed by atoms with Crippen molar-refractivity contribution in [3.63, 3.8) is 0 Å². The van der Waals surface area contributed by atoms with E-state index in [1.165, 1.54) is 5.01 Å². The molecule has 0 radical (unpaired) electrons. The third-order valence-corrected chi connectivity index (χ3v) is 13.2. The van der Waals surface area contributed by atoms with Gasteiger partial charge < -0.3 is 25.0 Å². The van der Waals surface area contributed by atoms with Crippen LogP contribution in [0, 0.1) is 36.5 Å². The van der Waals surface area contributed by atoms with Gasteiger partial charge in [0.05, 0.1) is 35.1 Å². The maximum atomic E-state index is 16.3. The fourth-order valence-electron chi connectivity index (χ4n) is 9.73. The van der Waals surface area contributed by atoms with E-state index in [-0.39, 0.29) is 60.6 Å². The molecule has 3 aromatic rings. The summed E-state index contributed by atoms with van der Waals surface area (Å²) in [6.45, 7) is 11.9. The number of anilines is 3. The number of aliphatic hydroxyl groups excluding tert-OH is 1. The van der Waals surface area contributed by atoms with Gasteiger partial charge in [0, 0.05) is 68.3 Å². The third-order valence-electron chi connectivity index (χ3n) is 13.2. The summed E-state index contributed by atoms with van der Waals surface area (Å²) in [6.07, 6.45) is 5.26. The molecule has 4 N–H and O–H groups in total. The molecular weight excluding hydrogens is 801 g/mol. The Morgan fingerprint density at radius 3 is 2.52 bits per heavy atom. The van der Waals surface area contributed by atoms with Crippen LogP contribution in [0.3, 0.4) is 0 Å². The number of nitrogens with zero attached hydrogens (tertiary/aromatic N) is 8. The normalized spacial score (nSPS) is 24.5. The summed E-state index contributed by atoms with van der Waals surface area (Å²) in [6, 6.07) is 3.37. The highest BCUT2D eigenvalue weighted by Gasteiger charge is 2.46. The molecule has 1 aliphatic carbocycles. The molecule has 7 heterocycles. The van der Waals surface area contributed by atoms with Crippen molar-refractivity contribution in [1.29, 1.82) is 0 Å². The van der Waals surface area contributed by atoms with Gasteiger partial charge in [0.15, 0.2) is 11.6 Å². The third kappa shape index (κ3) is 8.56. The number of aryl methyl sites for hydroxylation is 1. The molecule has 5 atom stereocenters. The molecule has 5 unspecified atom stereocenters. The summed E-state index contributed by atoms with van der Waals surface area (Å²) in [4.78, 5) is 56.6. The highest BCUT2D eigenvalue weighted by Crippen LogP contribution is 2.47. The second-order valence-corrected chi connectivity index (χ2v) is 17.7. The van der Waals surface area contributed by atoms with Crippen molar-refractivity contribution >= 4 is 46.0 Å². The lowest BCUT2D eigenvalue weighted by Crippen LogP contribution is -2.46. The molecule has 3 saturated heterocycles. The fraction of sp³-hybridized carbons (Fsp3) is 0.568. The van der Waals surface area contributed by atoms with E-state index in [9.17, 15) is 19.5 Å². The van der Waals surface area contributed by atoms with Crippen LogP contribution in [0.1, 0.15) is 70.9 Å². The molecule has 8 rings (SSSR count). The molecule has 3 fully saturated rings. The number of ether oxygens (including phenoxy) is 1. The SMILES string of the molecule is CNC(O)COc1cc2cc(Nc3nc(N4CCC(CN5CCC(C6=C(F)CC7C(C8CCC(=O)NC8=O)=NN(C)C7=C6F)CC5)C(C)C4)ncc3C)cnc2n(C(C)C)c1=O. The highest BCUT2D eigenvalue weighted by molar-refractivity contribution is 6.13. The number of halogens is 2. The zero-order chi connectivity index (χ0) is 44.0. The average molecular weight is 858 g/mol. The van der Waals surface area contributed by atoms with Gasteiger partial charge in [0.25, 0.3) is 5.56 Å². The minimum Gasteiger partial charge on any atom is -0.484 e. The number of aromatic nitrogens is 4. The van der Waals surface area contributed by atoms with E-state index < -0.39 is 35.6 Å². The fourth-order valence-corrected chi connectivity index (χ4v) is 9.73. The molecule has 18 heteroatoms. The number of aliphatic hydroxyl groups is 1. The number of nitrogens with one attached hydrogen (secondary N) is 3. The molecular formula is C44H57F2N11O5.